The van der Waals surface area contributed by atoms with Gasteiger partial charge in [-0.25, -0.2) is 0 Å². The average Bonchev–Trinajstić information content (AvgIpc) is 2.57. The van der Waals surface area contributed by atoms with Gasteiger partial charge in [0.15, 0.2) is 0 Å². The maximum Gasteiger partial charge on any atom is 0.251 e. The van der Waals surface area contributed by atoms with Crippen LogP contribution in [0.3, 0.4) is 0 Å². The highest BCUT2D eigenvalue weighted by Gasteiger charge is 2.07. The largest absolute Gasteiger partial charge is 0.385 e. The molecule has 128 valence electrons. The van der Waals surface area contributed by atoms with Crippen LogP contribution in [0.4, 0.5) is 5.69 Å². The molecule has 1 unspecified atom stereocenters. The number of benzene rings is 1. The van der Waals surface area contributed by atoms with Crippen molar-refractivity contribution in [1.82, 2.24) is 10.6 Å². The first-order valence-electron chi connectivity index (χ1n) is 7.97. The maximum atomic E-state index is 11.9. The molecule has 23 heavy (non-hydrogen) atoms. The monoisotopic (exact) mass is 321 g/mol. The SMILES string of the molecule is CCC(C)NCC(=O)Nc1ccc(C(=O)NCCCOC)cc1. The summed E-state index contributed by atoms with van der Waals surface area (Å²) < 4.78 is 4.93. The summed E-state index contributed by atoms with van der Waals surface area (Å²) in [7, 11) is 1.63. The van der Waals surface area contributed by atoms with Gasteiger partial charge in [0.1, 0.15) is 0 Å². The van der Waals surface area contributed by atoms with Crippen molar-refractivity contribution < 1.29 is 14.3 Å². The van der Waals surface area contributed by atoms with Gasteiger partial charge in [-0.3, -0.25) is 9.59 Å². The summed E-state index contributed by atoms with van der Waals surface area (Å²) in [5.74, 6) is -0.223. The fraction of sp³-hybridized carbons (Fsp3) is 0.529. The summed E-state index contributed by atoms with van der Waals surface area (Å²) >= 11 is 0. The molecular weight excluding hydrogens is 294 g/mol. The molecule has 0 saturated heterocycles. The molecule has 1 aromatic rings. The van der Waals surface area contributed by atoms with Crippen molar-refractivity contribution in [2.24, 2.45) is 0 Å². The van der Waals surface area contributed by atoms with E-state index in [0.29, 0.717) is 30.4 Å². The van der Waals surface area contributed by atoms with Crippen molar-refractivity contribution in [3.05, 3.63) is 29.8 Å². The van der Waals surface area contributed by atoms with E-state index in [1.807, 2.05) is 6.92 Å². The molecule has 3 N–H and O–H groups in total. The second-order valence-corrected chi connectivity index (χ2v) is 5.42. The van der Waals surface area contributed by atoms with E-state index in [9.17, 15) is 9.59 Å². The van der Waals surface area contributed by atoms with Crippen molar-refractivity contribution in [3.63, 3.8) is 0 Å². The van der Waals surface area contributed by atoms with Gasteiger partial charge in [-0.2, -0.15) is 0 Å². The number of ether oxygens (including phenoxy) is 1. The Morgan fingerprint density at radius 3 is 2.52 bits per heavy atom. The van der Waals surface area contributed by atoms with E-state index < -0.39 is 0 Å². The Labute approximate surface area is 138 Å². The smallest absolute Gasteiger partial charge is 0.251 e. The van der Waals surface area contributed by atoms with Gasteiger partial charge in [0.05, 0.1) is 6.54 Å². The number of anilines is 1. The van der Waals surface area contributed by atoms with Crippen molar-refractivity contribution in [2.45, 2.75) is 32.7 Å². The third-order valence-corrected chi connectivity index (χ3v) is 3.47. The fourth-order valence-corrected chi connectivity index (χ4v) is 1.84. The lowest BCUT2D eigenvalue weighted by Crippen LogP contribution is -2.33. The molecule has 0 aliphatic rings. The Kier molecular flexibility index (Phi) is 8.94. The molecule has 0 heterocycles. The van der Waals surface area contributed by atoms with Gasteiger partial charge in [0, 0.05) is 37.6 Å². The number of methoxy groups -OCH3 is 1. The average molecular weight is 321 g/mol. The Morgan fingerprint density at radius 2 is 1.91 bits per heavy atom. The molecule has 1 aromatic carbocycles. The molecule has 0 aromatic heterocycles. The van der Waals surface area contributed by atoms with Crippen molar-refractivity contribution in [2.75, 3.05) is 32.1 Å². The van der Waals surface area contributed by atoms with E-state index in [2.05, 4.69) is 22.9 Å². The molecule has 2 amide bonds. The molecular formula is C17H27N3O3. The first-order chi connectivity index (χ1) is 11.1. The van der Waals surface area contributed by atoms with Crippen LogP contribution >= 0.6 is 0 Å². The number of carbonyl (C=O) groups excluding carboxylic acids is 2. The van der Waals surface area contributed by atoms with Gasteiger partial charge in [-0.1, -0.05) is 6.92 Å². The molecule has 1 rings (SSSR count). The van der Waals surface area contributed by atoms with Crippen LogP contribution in [-0.4, -0.2) is 44.7 Å². The zero-order valence-corrected chi connectivity index (χ0v) is 14.1. The van der Waals surface area contributed by atoms with E-state index >= 15 is 0 Å². The predicted octanol–water partition coefficient (Wildman–Crippen LogP) is 1.78. The number of hydrogen-bond donors (Lipinski definition) is 3. The summed E-state index contributed by atoms with van der Waals surface area (Å²) in [5, 5.41) is 8.74. The van der Waals surface area contributed by atoms with Gasteiger partial charge in [0.25, 0.3) is 5.91 Å². The van der Waals surface area contributed by atoms with E-state index in [1.165, 1.54) is 0 Å². The van der Waals surface area contributed by atoms with Crippen LogP contribution in [0, 0.1) is 0 Å². The van der Waals surface area contributed by atoms with E-state index in [0.717, 1.165) is 12.8 Å². The third kappa shape index (κ3) is 7.76. The summed E-state index contributed by atoms with van der Waals surface area (Å²) in [5.41, 5.74) is 1.25. The van der Waals surface area contributed by atoms with Crippen LogP contribution < -0.4 is 16.0 Å². The van der Waals surface area contributed by atoms with Crippen LogP contribution in [0.2, 0.25) is 0 Å². The second kappa shape index (κ2) is 10.7. The van der Waals surface area contributed by atoms with Crippen LogP contribution in [0.25, 0.3) is 0 Å². The zero-order chi connectivity index (χ0) is 17.1. The Morgan fingerprint density at radius 1 is 1.22 bits per heavy atom. The lowest BCUT2D eigenvalue weighted by Gasteiger charge is -2.11. The second-order valence-electron chi connectivity index (χ2n) is 5.42. The highest BCUT2D eigenvalue weighted by molar-refractivity contribution is 5.96. The Balaban J connectivity index is 2.40. The van der Waals surface area contributed by atoms with Gasteiger partial charge < -0.3 is 20.7 Å². The molecule has 6 heteroatoms. The van der Waals surface area contributed by atoms with E-state index in [-0.39, 0.29) is 18.4 Å². The topological polar surface area (TPSA) is 79.5 Å². The van der Waals surface area contributed by atoms with Crippen LogP contribution in [-0.2, 0) is 9.53 Å². The van der Waals surface area contributed by atoms with Crippen LogP contribution in [0.1, 0.15) is 37.0 Å². The lowest BCUT2D eigenvalue weighted by molar-refractivity contribution is -0.115. The van der Waals surface area contributed by atoms with Gasteiger partial charge in [-0.15, -0.1) is 0 Å². The molecule has 1 atom stereocenters. The van der Waals surface area contributed by atoms with Crippen molar-refractivity contribution in [3.8, 4) is 0 Å². The highest BCUT2D eigenvalue weighted by atomic mass is 16.5. The normalized spacial score (nSPS) is 11.8. The summed E-state index contributed by atoms with van der Waals surface area (Å²) in [6.45, 7) is 5.57. The molecule has 0 saturated carbocycles. The molecule has 0 bridgehead atoms. The minimum Gasteiger partial charge on any atom is -0.385 e. The molecule has 0 spiro atoms. The van der Waals surface area contributed by atoms with Crippen molar-refractivity contribution >= 4 is 17.5 Å². The standard InChI is InChI=1S/C17H27N3O3/c1-4-13(2)19-12-16(21)20-15-8-6-14(7-9-15)17(22)18-10-5-11-23-3/h6-9,13,19H,4-5,10-12H2,1-3H3,(H,18,22)(H,20,21). The lowest BCUT2D eigenvalue weighted by atomic mass is 10.2. The van der Waals surface area contributed by atoms with Crippen molar-refractivity contribution in [1.29, 1.82) is 0 Å². The predicted molar refractivity (Wildman–Crippen MR) is 91.7 cm³/mol. The minimum absolute atomic E-state index is 0.0953. The molecule has 0 fully saturated rings. The first kappa shape index (κ1) is 19.1. The molecule has 0 aliphatic heterocycles. The summed E-state index contributed by atoms with van der Waals surface area (Å²) in [6, 6.07) is 7.16. The Bertz CT molecular complexity index is 488. The quantitative estimate of drug-likeness (QED) is 0.574. The summed E-state index contributed by atoms with van der Waals surface area (Å²) in [4.78, 5) is 23.7. The van der Waals surface area contributed by atoms with E-state index in [4.69, 9.17) is 4.74 Å². The summed E-state index contributed by atoms with van der Waals surface area (Å²) in [6.07, 6.45) is 1.75. The van der Waals surface area contributed by atoms with Crippen LogP contribution in [0.5, 0.6) is 0 Å². The number of carbonyl (C=O) groups is 2. The first-order valence-corrected chi connectivity index (χ1v) is 7.97. The van der Waals surface area contributed by atoms with Gasteiger partial charge in [-0.05, 0) is 44.0 Å². The van der Waals surface area contributed by atoms with Crippen LogP contribution in [0.15, 0.2) is 24.3 Å². The number of rotatable bonds is 10. The molecule has 0 aliphatic carbocycles. The fourth-order valence-electron chi connectivity index (χ4n) is 1.84. The maximum absolute atomic E-state index is 11.9. The molecule has 6 nitrogen and oxygen atoms in total. The van der Waals surface area contributed by atoms with E-state index in [1.54, 1.807) is 31.4 Å². The third-order valence-electron chi connectivity index (χ3n) is 3.47. The Hall–Kier alpha value is -1.92. The zero-order valence-electron chi connectivity index (χ0n) is 14.1. The number of nitrogens with one attached hydrogen (secondary N) is 3. The number of amides is 2. The highest BCUT2D eigenvalue weighted by Crippen LogP contribution is 2.09. The van der Waals surface area contributed by atoms with Gasteiger partial charge in [0.2, 0.25) is 5.91 Å². The minimum atomic E-state index is -0.127. The van der Waals surface area contributed by atoms with Gasteiger partial charge >= 0.3 is 0 Å². The number of hydrogen-bond acceptors (Lipinski definition) is 4. The molecule has 0 radical (unpaired) electrons.